The summed E-state index contributed by atoms with van der Waals surface area (Å²) in [4.78, 5) is 0.239. The van der Waals surface area contributed by atoms with Gasteiger partial charge in [-0.15, -0.1) is 0 Å². The maximum absolute atomic E-state index is 12.0. The van der Waals surface area contributed by atoms with E-state index >= 15 is 0 Å². The lowest BCUT2D eigenvalue weighted by molar-refractivity contribution is 0.279. The van der Waals surface area contributed by atoms with Crippen molar-refractivity contribution in [3.05, 3.63) is 28.7 Å². The van der Waals surface area contributed by atoms with Crippen LogP contribution in [0, 0.1) is 0 Å². The molecule has 17 heavy (non-hydrogen) atoms. The van der Waals surface area contributed by atoms with Crippen molar-refractivity contribution in [3.8, 4) is 0 Å². The van der Waals surface area contributed by atoms with Crippen molar-refractivity contribution in [1.29, 1.82) is 0 Å². The van der Waals surface area contributed by atoms with Crippen molar-refractivity contribution >= 4 is 26.0 Å². The van der Waals surface area contributed by atoms with Gasteiger partial charge in [0.15, 0.2) is 0 Å². The third-order valence-electron chi connectivity index (χ3n) is 2.26. The summed E-state index contributed by atoms with van der Waals surface area (Å²) >= 11 is 3.24. The van der Waals surface area contributed by atoms with Crippen molar-refractivity contribution < 1.29 is 13.5 Å². The molecular formula is C11H16BrNO3S. The summed E-state index contributed by atoms with van der Waals surface area (Å²) in [6, 6.07) is 6.37. The Bertz CT molecular complexity index is 462. The van der Waals surface area contributed by atoms with E-state index in [9.17, 15) is 8.42 Å². The Morgan fingerprint density at radius 2 is 2.18 bits per heavy atom. The largest absolute Gasteiger partial charge is 0.396 e. The Morgan fingerprint density at radius 1 is 1.47 bits per heavy atom. The van der Waals surface area contributed by atoms with E-state index in [2.05, 4.69) is 20.7 Å². The van der Waals surface area contributed by atoms with E-state index in [0.29, 0.717) is 12.8 Å². The highest BCUT2D eigenvalue weighted by Crippen LogP contribution is 2.16. The number of hydrogen-bond donors (Lipinski definition) is 2. The maximum atomic E-state index is 12.0. The SMILES string of the molecule is CC(CCCO)NS(=O)(=O)c1cccc(Br)c1. The summed E-state index contributed by atoms with van der Waals surface area (Å²) < 4.78 is 27.2. The van der Waals surface area contributed by atoms with E-state index in [-0.39, 0.29) is 17.5 Å². The van der Waals surface area contributed by atoms with Gasteiger partial charge in [-0.05, 0) is 38.0 Å². The van der Waals surface area contributed by atoms with Crippen molar-refractivity contribution in [1.82, 2.24) is 4.72 Å². The van der Waals surface area contributed by atoms with Gasteiger partial charge in [0.2, 0.25) is 10.0 Å². The van der Waals surface area contributed by atoms with Gasteiger partial charge in [0.1, 0.15) is 0 Å². The van der Waals surface area contributed by atoms with Crippen LogP contribution in [0.1, 0.15) is 19.8 Å². The van der Waals surface area contributed by atoms with Gasteiger partial charge in [-0.2, -0.15) is 0 Å². The van der Waals surface area contributed by atoms with Gasteiger partial charge in [0.05, 0.1) is 4.90 Å². The molecule has 1 aromatic carbocycles. The molecule has 0 heterocycles. The fourth-order valence-electron chi connectivity index (χ4n) is 1.42. The fourth-order valence-corrected chi connectivity index (χ4v) is 3.30. The molecule has 4 nitrogen and oxygen atoms in total. The molecule has 1 unspecified atom stereocenters. The number of hydrogen-bond acceptors (Lipinski definition) is 3. The van der Waals surface area contributed by atoms with Gasteiger partial charge in [0, 0.05) is 17.1 Å². The standard InChI is InChI=1S/C11H16BrNO3S/c1-9(4-3-7-14)13-17(15,16)11-6-2-5-10(12)8-11/h2,5-6,8-9,13-14H,3-4,7H2,1H3. The Morgan fingerprint density at radius 3 is 2.76 bits per heavy atom. The molecule has 0 saturated carbocycles. The van der Waals surface area contributed by atoms with E-state index in [1.165, 1.54) is 0 Å². The van der Waals surface area contributed by atoms with E-state index in [4.69, 9.17) is 5.11 Å². The van der Waals surface area contributed by atoms with Gasteiger partial charge in [-0.25, -0.2) is 13.1 Å². The first-order chi connectivity index (χ1) is 7.95. The molecular weight excluding hydrogens is 306 g/mol. The molecule has 0 bridgehead atoms. The third-order valence-corrected chi connectivity index (χ3v) is 4.34. The second-order valence-electron chi connectivity index (χ2n) is 3.85. The molecule has 2 N–H and O–H groups in total. The molecule has 0 saturated heterocycles. The zero-order valence-corrected chi connectivity index (χ0v) is 12.0. The van der Waals surface area contributed by atoms with Crippen molar-refractivity contribution in [3.63, 3.8) is 0 Å². The minimum absolute atomic E-state index is 0.0724. The third kappa shape index (κ3) is 4.75. The summed E-state index contributed by atoms with van der Waals surface area (Å²) in [7, 11) is -3.47. The lowest BCUT2D eigenvalue weighted by Gasteiger charge is -2.13. The lowest BCUT2D eigenvalue weighted by Crippen LogP contribution is -2.32. The average molecular weight is 322 g/mol. The van der Waals surface area contributed by atoms with E-state index in [1.807, 2.05) is 0 Å². The molecule has 96 valence electrons. The van der Waals surface area contributed by atoms with Crippen LogP contribution in [0.2, 0.25) is 0 Å². The normalized spacial score (nSPS) is 13.6. The highest BCUT2D eigenvalue weighted by Gasteiger charge is 2.16. The number of benzene rings is 1. The van der Waals surface area contributed by atoms with Crippen LogP contribution in [0.3, 0.4) is 0 Å². The van der Waals surface area contributed by atoms with Crippen LogP contribution < -0.4 is 4.72 Å². The molecule has 0 aliphatic heterocycles. The number of aliphatic hydroxyl groups is 1. The van der Waals surface area contributed by atoms with Crippen molar-refractivity contribution in [2.75, 3.05) is 6.61 Å². The van der Waals surface area contributed by atoms with Crippen LogP contribution in [0.4, 0.5) is 0 Å². The molecule has 1 atom stereocenters. The van der Waals surface area contributed by atoms with Gasteiger partial charge in [-0.3, -0.25) is 0 Å². The second kappa shape index (κ2) is 6.49. The number of sulfonamides is 1. The number of rotatable bonds is 6. The Kier molecular flexibility index (Phi) is 5.58. The van der Waals surface area contributed by atoms with Gasteiger partial charge < -0.3 is 5.11 Å². The highest BCUT2D eigenvalue weighted by molar-refractivity contribution is 9.10. The number of nitrogens with one attached hydrogen (secondary N) is 1. The van der Waals surface area contributed by atoms with Crippen LogP contribution in [0.5, 0.6) is 0 Å². The molecule has 6 heteroatoms. The van der Waals surface area contributed by atoms with Crippen molar-refractivity contribution in [2.45, 2.75) is 30.7 Å². The van der Waals surface area contributed by atoms with E-state index in [1.54, 1.807) is 31.2 Å². The van der Waals surface area contributed by atoms with Crippen LogP contribution in [0.15, 0.2) is 33.6 Å². The summed E-state index contributed by atoms with van der Waals surface area (Å²) in [5.74, 6) is 0. The second-order valence-corrected chi connectivity index (χ2v) is 6.48. The highest BCUT2D eigenvalue weighted by atomic mass is 79.9. The topological polar surface area (TPSA) is 66.4 Å². The summed E-state index contributed by atoms with van der Waals surface area (Å²) in [6.45, 7) is 1.86. The molecule has 0 aromatic heterocycles. The first-order valence-electron chi connectivity index (χ1n) is 5.34. The summed E-state index contributed by atoms with van der Waals surface area (Å²) in [6.07, 6.45) is 1.20. The minimum Gasteiger partial charge on any atom is -0.396 e. The Labute approximate surface area is 110 Å². The minimum atomic E-state index is -3.47. The van der Waals surface area contributed by atoms with E-state index in [0.717, 1.165) is 4.47 Å². The molecule has 0 aliphatic rings. The molecule has 0 radical (unpaired) electrons. The van der Waals surface area contributed by atoms with Crippen LogP contribution in [-0.2, 0) is 10.0 Å². The smallest absolute Gasteiger partial charge is 0.240 e. The first kappa shape index (κ1) is 14.6. The predicted octanol–water partition coefficient (Wildman–Crippen LogP) is 1.89. The summed E-state index contributed by atoms with van der Waals surface area (Å²) in [5.41, 5.74) is 0. The molecule has 0 aliphatic carbocycles. The number of aliphatic hydroxyl groups excluding tert-OH is 1. The predicted molar refractivity (Wildman–Crippen MR) is 70.2 cm³/mol. The Hall–Kier alpha value is -0.430. The number of halogens is 1. The monoisotopic (exact) mass is 321 g/mol. The fraction of sp³-hybridized carbons (Fsp3) is 0.455. The van der Waals surface area contributed by atoms with E-state index < -0.39 is 10.0 Å². The summed E-state index contributed by atoms with van der Waals surface area (Å²) in [5, 5.41) is 8.68. The van der Waals surface area contributed by atoms with Gasteiger partial charge >= 0.3 is 0 Å². The first-order valence-corrected chi connectivity index (χ1v) is 7.62. The molecule has 1 aromatic rings. The quantitative estimate of drug-likeness (QED) is 0.840. The van der Waals surface area contributed by atoms with Crippen LogP contribution in [-0.4, -0.2) is 26.2 Å². The lowest BCUT2D eigenvalue weighted by atomic mass is 10.2. The molecule has 0 fully saturated rings. The average Bonchev–Trinajstić information content (AvgIpc) is 2.26. The molecule has 0 amide bonds. The van der Waals surface area contributed by atoms with Crippen molar-refractivity contribution in [2.24, 2.45) is 0 Å². The Balaban J connectivity index is 2.75. The van der Waals surface area contributed by atoms with Crippen LogP contribution in [0.25, 0.3) is 0 Å². The molecule has 0 spiro atoms. The zero-order valence-electron chi connectivity index (χ0n) is 9.56. The zero-order chi connectivity index (χ0) is 12.9. The molecule has 1 rings (SSSR count). The van der Waals surface area contributed by atoms with Crippen LogP contribution >= 0.6 is 15.9 Å². The maximum Gasteiger partial charge on any atom is 0.240 e. The van der Waals surface area contributed by atoms with Gasteiger partial charge in [-0.1, -0.05) is 22.0 Å². The van der Waals surface area contributed by atoms with Gasteiger partial charge in [0.25, 0.3) is 0 Å².